The number of carbonyl (C=O) groups is 2. The number of amides is 2. The highest BCUT2D eigenvalue weighted by Gasteiger charge is 2.26. The van der Waals surface area contributed by atoms with Gasteiger partial charge in [-0.2, -0.15) is 0 Å². The van der Waals surface area contributed by atoms with Crippen LogP contribution in [0.1, 0.15) is 12.5 Å². The quantitative estimate of drug-likeness (QED) is 0.479. The number of nitrogens with one attached hydrogen (secondary N) is 1. The van der Waals surface area contributed by atoms with E-state index in [9.17, 15) is 19.7 Å². The molecule has 0 unspecified atom stereocenters. The van der Waals surface area contributed by atoms with Gasteiger partial charge in [0.15, 0.2) is 6.61 Å². The Bertz CT molecular complexity index is 937. The molecule has 0 saturated heterocycles. The molecular formula is C20H22ClN3O6. The molecule has 2 amide bonds. The van der Waals surface area contributed by atoms with Gasteiger partial charge in [-0.05, 0) is 30.7 Å². The summed E-state index contributed by atoms with van der Waals surface area (Å²) in [5, 5.41) is 14.0. The van der Waals surface area contributed by atoms with Crippen LogP contribution < -0.4 is 14.8 Å². The molecule has 0 saturated carbocycles. The summed E-state index contributed by atoms with van der Waals surface area (Å²) in [4.78, 5) is 36.7. The van der Waals surface area contributed by atoms with E-state index in [2.05, 4.69) is 5.32 Å². The smallest absolute Gasteiger partial charge is 0.311 e. The number of methoxy groups -OCH3 is 1. The number of hydrogen-bond donors (Lipinski definition) is 1. The third kappa shape index (κ3) is 5.84. The summed E-state index contributed by atoms with van der Waals surface area (Å²) in [7, 11) is 2.79. The summed E-state index contributed by atoms with van der Waals surface area (Å²) in [5.41, 5.74) is 0.538. The number of likely N-dealkylation sites (N-methyl/N-ethyl adjacent to an activating group) is 1. The number of benzene rings is 2. The molecule has 30 heavy (non-hydrogen) atoms. The van der Waals surface area contributed by atoms with E-state index in [0.717, 1.165) is 5.56 Å². The summed E-state index contributed by atoms with van der Waals surface area (Å²) in [6.07, 6.45) is 0. The number of ether oxygens (including phenoxy) is 2. The first-order valence-corrected chi connectivity index (χ1v) is 9.35. The molecule has 0 fully saturated rings. The Hall–Kier alpha value is -3.33. The minimum absolute atomic E-state index is 0.0134. The van der Waals surface area contributed by atoms with E-state index in [1.165, 1.54) is 37.3 Å². The molecule has 160 valence electrons. The number of halogens is 1. The lowest BCUT2D eigenvalue weighted by molar-refractivity contribution is -0.385. The van der Waals surface area contributed by atoms with E-state index in [-0.39, 0.29) is 36.2 Å². The first-order valence-electron chi connectivity index (χ1n) is 8.97. The fourth-order valence-corrected chi connectivity index (χ4v) is 2.96. The van der Waals surface area contributed by atoms with Crippen LogP contribution in [-0.2, 0) is 16.1 Å². The normalized spacial score (nSPS) is 11.3. The first-order chi connectivity index (χ1) is 14.3. The van der Waals surface area contributed by atoms with E-state index in [1.807, 2.05) is 0 Å². The van der Waals surface area contributed by atoms with Crippen LogP contribution in [0.25, 0.3) is 0 Å². The molecule has 0 aliphatic rings. The molecule has 10 heteroatoms. The molecule has 0 radical (unpaired) electrons. The van der Waals surface area contributed by atoms with Crippen molar-refractivity contribution in [1.29, 1.82) is 0 Å². The van der Waals surface area contributed by atoms with Gasteiger partial charge in [-0.25, -0.2) is 0 Å². The van der Waals surface area contributed by atoms with Crippen LogP contribution in [0, 0.1) is 10.1 Å². The standard InChI is InChI=1S/C20H22ClN3O6/c1-13(20(26)22-2)23(11-14-5-4-6-15(21)9-14)19(25)12-30-16-7-8-17(24(27)28)18(10-16)29-3/h4-10,13H,11-12H2,1-3H3,(H,22,26)/t13-/m1/s1. The van der Waals surface area contributed by atoms with E-state index >= 15 is 0 Å². The number of nitro benzene ring substituents is 1. The number of nitrogens with zero attached hydrogens (tertiary/aromatic N) is 2. The molecule has 1 N–H and O–H groups in total. The second kappa shape index (κ2) is 10.4. The van der Waals surface area contributed by atoms with Gasteiger partial charge in [0.1, 0.15) is 11.8 Å². The van der Waals surface area contributed by atoms with Gasteiger partial charge in [0.05, 0.1) is 12.0 Å². The summed E-state index contributed by atoms with van der Waals surface area (Å²) in [5.74, 6) is -0.536. The van der Waals surface area contributed by atoms with Gasteiger partial charge in [0.25, 0.3) is 5.91 Å². The summed E-state index contributed by atoms with van der Waals surface area (Å²) in [6, 6.07) is 10.2. The van der Waals surface area contributed by atoms with Crippen molar-refractivity contribution in [3.05, 3.63) is 63.2 Å². The molecule has 0 aromatic heterocycles. The highest BCUT2D eigenvalue weighted by Crippen LogP contribution is 2.30. The topological polar surface area (TPSA) is 111 Å². The van der Waals surface area contributed by atoms with Gasteiger partial charge in [0, 0.05) is 30.7 Å². The summed E-state index contributed by atoms with van der Waals surface area (Å²) in [6.45, 7) is 1.39. The largest absolute Gasteiger partial charge is 0.490 e. The van der Waals surface area contributed by atoms with Crippen molar-refractivity contribution in [3.63, 3.8) is 0 Å². The third-order valence-corrected chi connectivity index (χ3v) is 4.60. The highest BCUT2D eigenvalue weighted by molar-refractivity contribution is 6.30. The summed E-state index contributed by atoms with van der Waals surface area (Å²) >= 11 is 6.01. The highest BCUT2D eigenvalue weighted by atomic mass is 35.5. The average Bonchev–Trinajstić information content (AvgIpc) is 2.74. The van der Waals surface area contributed by atoms with Crippen LogP contribution >= 0.6 is 11.6 Å². The van der Waals surface area contributed by atoms with Crippen LogP contribution in [-0.4, -0.2) is 48.4 Å². The van der Waals surface area contributed by atoms with Crippen molar-refractivity contribution in [1.82, 2.24) is 10.2 Å². The Kier molecular flexibility index (Phi) is 7.99. The molecule has 0 aliphatic carbocycles. The molecule has 0 bridgehead atoms. The second-order valence-corrected chi connectivity index (χ2v) is 6.76. The zero-order chi connectivity index (χ0) is 22.3. The van der Waals surface area contributed by atoms with Crippen molar-refractivity contribution in [3.8, 4) is 11.5 Å². The Labute approximate surface area is 178 Å². The number of rotatable bonds is 9. The molecule has 2 rings (SSSR count). The van der Waals surface area contributed by atoms with E-state index in [4.69, 9.17) is 21.1 Å². The number of carbonyl (C=O) groups excluding carboxylic acids is 2. The zero-order valence-corrected chi connectivity index (χ0v) is 17.5. The van der Waals surface area contributed by atoms with Gasteiger partial charge in [0.2, 0.25) is 11.7 Å². The second-order valence-electron chi connectivity index (χ2n) is 6.32. The van der Waals surface area contributed by atoms with Crippen LogP contribution in [0.5, 0.6) is 11.5 Å². The van der Waals surface area contributed by atoms with E-state index in [0.29, 0.717) is 5.02 Å². The van der Waals surface area contributed by atoms with Gasteiger partial charge in [-0.1, -0.05) is 23.7 Å². The molecule has 2 aromatic carbocycles. The third-order valence-electron chi connectivity index (χ3n) is 4.37. The SMILES string of the molecule is CNC(=O)[C@@H](C)N(Cc1cccc(Cl)c1)C(=O)COc1ccc([N+](=O)[O-])c(OC)c1. The van der Waals surface area contributed by atoms with Crippen molar-refractivity contribution >= 4 is 29.1 Å². The average molecular weight is 436 g/mol. The molecular weight excluding hydrogens is 414 g/mol. The van der Waals surface area contributed by atoms with E-state index in [1.54, 1.807) is 31.2 Å². The van der Waals surface area contributed by atoms with Crippen molar-refractivity contribution in [2.45, 2.75) is 19.5 Å². The Morgan fingerprint density at radius 2 is 2.00 bits per heavy atom. The molecule has 1 atom stereocenters. The minimum Gasteiger partial charge on any atom is -0.490 e. The van der Waals surface area contributed by atoms with Gasteiger partial charge < -0.3 is 19.7 Å². The van der Waals surface area contributed by atoms with Gasteiger partial charge in [-0.15, -0.1) is 0 Å². The number of hydrogen-bond acceptors (Lipinski definition) is 6. The monoisotopic (exact) mass is 435 g/mol. The molecule has 2 aromatic rings. The molecule has 0 spiro atoms. The van der Waals surface area contributed by atoms with Crippen LogP contribution in [0.3, 0.4) is 0 Å². The lowest BCUT2D eigenvalue weighted by Crippen LogP contribution is -2.48. The predicted octanol–water partition coefficient (Wildman–Crippen LogP) is 2.80. The fraction of sp³-hybridized carbons (Fsp3) is 0.300. The molecule has 0 aliphatic heterocycles. The molecule has 9 nitrogen and oxygen atoms in total. The van der Waals surface area contributed by atoms with Crippen molar-refractivity contribution in [2.75, 3.05) is 20.8 Å². The van der Waals surface area contributed by atoms with Gasteiger partial charge in [-0.3, -0.25) is 19.7 Å². The van der Waals surface area contributed by atoms with Crippen LogP contribution in [0.2, 0.25) is 5.02 Å². The minimum atomic E-state index is -0.753. The predicted molar refractivity (Wildman–Crippen MR) is 111 cm³/mol. The van der Waals surface area contributed by atoms with Crippen LogP contribution in [0.15, 0.2) is 42.5 Å². The Morgan fingerprint density at radius 1 is 1.27 bits per heavy atom. The Balaban J connectivity index is 2.17. The lowest BCUT2D eigenvalue weighted by Gasteiger charge is -2.28. The molecule has 0 heterocycles. The lowest BCUT2D eigenvalue weighted by atomic mass is 10.1. The number of nitro groups is 1. The maximum atomic E-state index is 12.8. The maximum Gasteiger partial charge on any atom is 0.311 e. The fourth-order valence-electron chi connectivity index (χ4n) is 2.75. The first kappa shape index (κ1) is 23.0. The zero-order valence-electron chi connectivity index (χ0n) is 16.8. The van der Waals surface area contributed by atoms with E-state index < -0.39 is 16.9 Å². The summed E-state index contributed by atoms with van der Waals surface area (Å²) < 4.78 is 10.5. The van der Waals surface area contributed by atoms with Crippen molar-refractivity contribution < 1.29 is 24.0 Å². The van der Waals surface area contributed by atoms with Crippen LogP contribution in [0.4, 0.5) is 5.69 Å². The maximum absolute atomic E-state index is 12.8. The van der Waals surface area contributed by atoms with Crippen molar-refractivity contribution in [2.24, 2.45) is 0 Å². The Morgan fingerprint density at radius 3 is 2.60 bits per heavy atom. The van der Waals surface area contributed by atoms with Gasteiger partial charge >= 0.3 is 5.69 Å².